The molecule has 1 fully saturated rings. The molecule has 0 aromatic rings. The summed E-state index contributed by atoms with van der Waals surface area (Å²) in [6.07, 6.45) is 15.2. The summed E-state index contributed by atoms with van der Waals surface area (Å²) in [5, 5.41) is 28.6. The summed E-state index contributed by atoms with van der Waals surface area (Å²) >= 11 is 0. The Hall–Kier alpha value is -0.460. The normalized spacial score (nSPS) is 24.5. The molecule has 1 aliphatic heterocycles. The maximum absolute atomic E-state index is 9.86. The van der Waals surface area contributed by atoms with E-state index < -0.39 is 24.4 Å². The van der Waals surface area contributed by atoms with E-state index in [1.807, 2.05) is 0 Å². The van der Waals surface area contributed by atoms with Crippen LogP contribution in [0.15, 0.2) is 12.2 Å². The van der Waals surface area contributed by atoms with Gasteiger partial charge in [-0.05, 0) is 32.1 Å². The lowest BCUT2D eigenvalue weighted by Crippen LogP contribution is -2.42. The predicted octanol–water partition coefficient (Wildman–Crippen LogP) is 3.35. The summed E-state index contributed by atoms with van der Waals surface area (Å²) in [7, 11) is 0. The minimum absolute atomic E-state index is 0.150. The molecular formula is C21H40O5. The lowest BCUT2D eigenvalue weighted by atomic mass is 10.1. The van der Waals surface area contributed by atoms with Gasteiger partial charge in [0.1, 0.15) is 24.4 Å². The number of aliphatic hydroxyl groups excluding tert-OH is 3. The van der Waals surface area contributed by atoms with Crippen LogP contribution in [0.5, 0.6) is 0 Å². The Morgan fingerprint density at radius 3 is 2.23 bits per heavy atom. The van der Waals surface area contributed by atoms with E-state index in [1.165, 1.54) is 51.4 Å². The van der Waals surface area contributed by atoms with Crippen LogP contribution in [0.3, 0.4) is 0 Å². The molecule has 3 N–H and O–H groups in total. The Morgan fingerprint density at radius 2 is 1.62 bits per heavy atom. The zero-order valence-electron chi connectivity index (χ0n) is 16.5. The first-order chi connectivity index (χ1) is 12.7. The van der Waals surface area contributed by atoms with Crippen molar-refractivity contribution < 1.29 is 24.8 Å². The van der Waals surface area contributed by atoms with Crippen LogP contribution < -0.4 is 0 Å². The molecule has 0 aromatic carbocycles. The van der Waals surface area contributed by atoms with Gasteiger partial charge in [-0.15, -0.1) is 0 Å². The van der Waals surface area contributed by atoms with Crippen LogP contribution in [0.1, 0.15) is 77.6 Å². The Kier molecular flexibility index (Phi) is 14.1. The highest BCUT2D eigenvalue weighted by atomic mass is 16.6. The van der Waals surface area contributed by atoms with Crippen molar-refractivity contribution in [2.24, 2.45) is 0 Å². The van der Waals surface area contributed by atoms with Crippen molar-refractivity contribution >= 4 is 0 Å². The topological polar surface area (TPSA) is 79.2 Å². The summed E-state index contributed by atoms with van der Waals surface area (Å²) in [4.78, 5) is 0. The lowest BCUT2D eigenvalue weighted by molar-refractivity contribution is -0.0938. The van der Waals surface area contributed by atoms with Gasteiger partial charge in [-0.1, -0.05) is 57.6 Å². The molecule has 1 rings (SSSR count). The smallest absolute Gasteiger partial charge is 0.114 e. The lowest BCUT2D eigenvalue weighted by Gasteiger charge is -2.23. The molecule has 0 aliphatic carbocycles. The van der Waals surface area contributed by atoms with Crippen LogP contribution in [0.4, 0.5) is 0 Å². The summed E-state index contributed by atoms with van der Waals surface area (Å²) in [6.45, 7) is 2.56. The van der Waals surface area contributed by atoms with Crippen LogP contribution in [0.2, 0.25) is 0 Å². The van der Waals surface area contributed by atoms with Crippen molar-refractivity contribution in [3.63, 3.8) is 0 Å². The molecule has 26 heavy (non-hydrogen) atoms. The molecular weight excluding hydrogens is 332 g/mol. The first kappa shape index (κ1) is 23.6. The van der Waals surface area contributed by atoms with E-state index in [1.54, 1.807) is 0 Å². The summed E-state index contributed by atoms with van der Waals surface area (Å²) in [5.74, 6) is 0. The number of ether oxygens (including phenoxy) is 2. The Bertz CT molecular complexity index is 347. The van der Waals surface area contributed by atoms with Crippen molar-refractivity contribution in [3.05, 3.63) is 12.2 Å². The van der Waals surface area contributed by atoms with Gasteiger partial charge in [0.25, 0.3) is 0 Å². The fraction of sp³-hybridized carbons (Fsp3) is 0.905. The molecule has 0 amide bonds. The van der Waals surface area contributed by atoms with E-state index in [4.69, 9.17) is 14.6 Å². The Morgan fingerprint density at radius 1 is 1.00 bits per heavy atom. The number of hydrogen-bond acceptors (Lipinski definition) is 5. The van der Waals surface area contributed by atoms with Gasteiger partial charge in [-0.2, -0.15) is 0 Å². The average molecular weight is 373 g/mol. The molecule has 1 heterocycles. The molecule has 1 saturated heterocycles. The third kappa shape index (κ3) is 10.0. The number of rotatable bonds is 16. The molecule has 0 bridgehead atoms. The second-order valence-electron chi connectivity index (χ2n) is 7.33. The zero-order valence-corrected chi connectivity index (χ0v) is 16.5. The fourth-order valence-corrected chi connectivity index (χ4v) is 3.30. The monoisotopic (exact) mass is 372 g/mol. The summed E-state index contributed by atoms with van der Waals surface area (Å²) in [5.41, 5.74) is 0. The quantitative estimate of drug-likeness (QED) is 0.286. The average Bonchev–Trinajstić information content (AvgIpc) is 3.02. The van der Waals surface area contributed by atoms with Gasteiger partial charge in [0.15, 0.2) is 0 Å². The third-order valence-electron chi connectivity index (χ3n) is 4.95. The molecule has 5 heteroatoms. The van der Waals surface area contributed by atoms with Gasteiger partial charge in [0.05, 0.1) is 13.2 Å². The SMILES string of the molecule is CCCCCCC/C=C/CCCCCCO[C@@H]1[C@H]([C@H](O)CO)OC[C@@H]1O. The van der Waals surface area contributed by atoms with Crippen molar-refractivity contribution in [1.29, 1.82) is 0 Å². The molecule has 0 saturated carbocycles. The number of aliphatic hydroxyl groups is 3. The molecule has 0 unspecified atom stereocenters. The highest BCUT2D eigenvalue weighted by Gasteiger charge is 2.40. The number of unbranched alkanes of at least 4 members (excludes halogenated alkanes) is 9. The van der Waals surface area contributed by atoms with Crippen LogP contribution >= 0.6 is 0 Å². The molecule has 0 radical (unpaired) electrons. The van der Waals surface area contributed by atoms with Gasteiger partial charge in [-0.25, -0.2) is 0 Å². The summed E-state index contributed by atoms with van der Waals surface area (Å²) in [6, 6.07) is 0. The van der Waals surface area contributed by atoms with Crippen molar-refractivity contribution in [2.75, 3.05) is 19.8 Å². The highest BCUT2D eigenvalue weighted by molar-refractivity contribution is 4.89. The molecule has 0 spiro atoms. The third-order valence-corrected chi connectivity index (χ3v) is 4.95. The Labute approximate surface area is 159 Å². The second kappa shape index (κ2) is 15.6. The van der Waals surface area contributed by atoms with Crippen molar-refractivity contribution in [3.8, 4) is 0 Å². The second-order valence-corrected chi connectivity index (χ2v) is 7.33. The molecule has 5 nitrogen and oxygen atoms in total. The minimum Gasteiger partial charge on any atom is -0.394 e. The van der Waals surface area contributed by atoms with Gasteiger partial charge >= 0.3 is 0 Å². The van der Waals surface area contributed by atoms with E-state index in [0.717, 1.165) is 19.3 Å². The largest absolute Gasteiger partial charge is 0.394 e. The highest BCUT2D eigenvalue weighted by Crippen LogP contribution is 2.21. The van der Waals surface area contributed by atoms with E-state index in [0.29, 0.717) is 6.61 Å². The molecule has 1 aliphatic rings. The van der Waals surface area contributed by atoms with E-state index >= 15 is 0 Å². The Balaban J connectivity index is 1.94. The van der Waals surface area contributed by atoms with Crippen LogP contribution in [-0.2, 0) is 9.47 Å². The van der Waals surface area contributed by atoms with Gasteiger partial charge in [0.2, 0.25) is 0 Å². The fourth-order valence-electron chi connectivity index (χ4n) is 3.30. The van der Waals surface area contributed by atoms with E-state index in [9.17, 15) is 10.2 Å². The van der Waals surface area contributed by atoms with Crippen LogP contribution in [-0.4, -0.2) is 59.6 Å². The predicted molar refractivity (Wildman–Crippen MR) is 104 cm³/mol. The van der Waals surface area contributed by atoms with Gasteiger partial charge in [-0.3, -0.25) is 0 Å². The zero-order chi connectivity index (χ0) is 19.0. The first-order valence-electron chi connectivity index (χ1n) is 10.6. The molecule has 154 valence electrons. The number of hydrogen-bond donors (Lipinski definition) is 3. The van der Waals surface area contributed by atoms with Crippen molar-refractivity contribution in [2.45, 2.75) is 102 Å². The molecule has 0 aromatic heterocycles. The van der Waals surface area contributed by atoms with Gasteiger partial charge in [0, 0.05) is 6.61 Å². The van der Waals surface area contributed by atoms with Gasteiger partial charge < -0.3 is 24.8 Å². The minimum atomic E-state index is -1.00. The number of allylic oxidation sites excluding steroid dienone is 2. The maximum Gasteiger partial charge on any atom is 0.114 e. The maximum atomic E-state index is 9.86. The van der Waals surface area contributed by atoms with Crippen LogP contribution in [0.25, 0.3) is 0 Å². The van der Waals surface area contributed by atoms with Crippen molar-refractivity contribution in [1.82, 2.24) is 0 Å². The van der Waals surface area contributed by atoms with Crippen LogP contribution in [0, 0.1) is 0 Å². The van der Waals surface area contributed by atoms with E-state index in [-0.39, 0.29) is 13.2 Å². The first-order valence-corrected chi connectivity index (χ1v) is 10.6. The van der Waals surface area contributed by atoms with E-state index in [2.05, 4.69) is 19.1 Å². The standard InChI is InChI=1S/C21H40O5/c1-2-3-4-5-6-7-8-9-10-11-12-13-14-15-25-21-19(24)17-26-20(21)18(23)16-22/h8-9,18-24H,2-7,10-17H2,1H3/b9-8+/t18-,19+,20+,21+/m1/s1. The molecule has 4 atom stereocenters. The summed E-state index contributed by atoms with van der Waals surface area (Å²) < 4.78 is 11.0.